The molecule has 1 aliphatic rings. The summed E-state index contributed by atoms with van der Waals surface area (Å²) < 4.78 is 35.9. The van der Waals surface area contributed by atoms with E-state index in [9.17, 15) is 13.6 Å². The van der Waals surface area contributed by atoms with E-state index in [0.717, 1.165) is 27.8 Å². The summed E-state index contributed by atoms with van der Waals surface area (Å²) in [7, 11) is 0. The van der Waals surface area contributed by atoms with Gasteiger partial charge in [0.1, 0.15) is 0 Å². The van der Waals surface area contributed by atoms with Crippen molar-refractivity contribution in [2.24, 2.45) is 0 Å². The molecule has 0 spiro atoms. The van der Waals surface area contributed by atoms with Gasteiger partial charge in [0.2, 0.25) is 11.6 Å². The maximum absolute atomic E-state index is 13.4. The lowest BCUT2D eigenvalue weighted by molar-refractivity contribution is 0.0996. The van der Waals surface area contributed by atoms with Crippen LogP contribution in [0.2, 0.25) is 0 Å². The highest BCUT2D eigenvalue weighted by molar-refractivity contribution is 6.12. The van der Waals surface area contributed by atoms with Crippen LogP contribution in [-0.2, 0) is 6.54 Å². The van der Waals surface area contributed by atoms with Crippen LogP contribution < -0.4 is 4.90 Å². The van der Waals surface area contributed by atoms with E-state index in [0.29, 0.717) is 23.4 Å². The summed E-state index contributed by atoms with van der Waals surface area (Å²) in [5, 5.41) is 7.90. The zero-order chi connectivity index (χ0) is 22.5. The van der Waals surface area contributed by atoms with Gasteiger partial charge in [0, 0.05) is 33.8 Å². The maximum Gasteiger partial charge on any atom is 0.314 e. The minimum Gasteiger partial charge on any atom is -0.446 e. The quantitative estimate of drug-likeness (QED) is 0.357. The normalized spacial score (nSPS) is 13.3. The molecule has 0 fully saturated rings. The molecule has 9 heteroatoms. The number of furan rings is 1. The third kappa shape index (κ3) is 3.16. The molecular weight excluding hydrogens is 430 g/mol. The third-order valence-corrected chi connectivity index (χ3v) is 5.60. The molecule has 162 valence electrons. The van der Waals surface area contributed by atoms with Gasteiger partial charge in [-0.2, -0.15) is 8.78 Å². The first kappa shape index (κ1) is 19.3. The van der Waals surface area contributed by atoms with Crippen molar-refractivity contribution in [3.63, 3.8) is 0 Å². The predicted octanol–water partition coefficient (Wildman–Crippen LogP) is 5.64. The Labute approximate surface area is 185 Å². The van der Waals surface area contributed by atoms with Crippen molar-refractivity contribution in [1.82, 2.24) is 15.2 Å². The summed E-state index contributed by atoms with van der Waals surface area (Å²) in [5.41, 5.74) is 4.68. The molecule has 6 rings (SSSR count). The van der Waals surface area contributed by atoms with Gasteiger partial charge >= 0.3 is 6.43 Å². The van der Waals surface area contributed by atoms with Crippen molar-refractivity contribution in [2.45, 2.75) is 13.0 Å². The molecule has 0 aliphatic carbocycles. The fourth-order valence-electron chi connectivity index (χ4n) is 4.03. The van der Waals surface area contributed by atoms with E-state index in [1.165, 1.54) is 0 Å². The van der Waals surface area contributed by atoms with Crippen molar-refractivity contribution < 1.29 is 22.4 Å². The topological polar surface area (TPSA) is 85.3 Å². The van der Waals surface area contributed by atoms with Crippen LogP contribution in [-0.4, -0.2) is 21.1 Å². The monoisotopic (exact) mass is 444 g/mol. The Kier molecular flexibility index (Phi) is 4.29. The second kappa shape index (κ2) is 7.33. The largest absolute Gasteiger partial charge is 0.446 e. The lowest BCUT2D eigenvalue weighted by atomic mass is 10.0. The molecule has 5 aromatic rings. The van der Waals surface area contributed by atoms with Crippen LogP contribution in [0.3, 0.4) is 0 Å². The van der Waals surface area contributed by atoms with Crippen LogP contribution in [0.5, 0.6) is 0 Å². The second-order valence-corrected chi connectivity index (χ2v) is 7.57. The van der Waals surface area contributed by atoms with Gasteiger partial charge in [0.25, 0.3) is 11.8 Å². The molecule has 0 atom stereocenters. The molecule has 1 amide bonds. The fraction of sp³-hybridized carbons (Fsp3) is 0.0833. The van der Waals surface area contributed by atoms with Gasteiger partial charge in [-0.25, -0.2) is 4.98 Å². The summed E-state index contributed by atoms with van der Waals surface area (Å²) in [4.78, 5) is 19.4. The Hall–Kier alpha value is -4.40. The summed E-state index contributed by atoms with van der Waals surface area (Å²) in [6.07, 6.45) is 0.441. The molecule has 7 nitrogen and oxygen atoms in total. The van der Waals surface area contributed by atoms with Crippen molar-refractivity contribution in [2.75, 3.05) is 4.90 Å². The number of para-hydroxylation sites is 1. The van der Waals surface area contributed by atoms with Crippen LogP contribution in [0.25, 0.3) is 33.7 Å². The van der Waals surface area contributed by atoms with Gasteiger partial charge in [-0.3, -0.25) is 4.79 Å². The molecule has 0 saturated heterocycles. The van der Waals surface area contributed by atoms with Gasteiger partial charge in [-0.05, 0) is 35.9 Å². The first-order valence-corrected chi connectivity index (χ1v) is 10.1. The van der Waals surface area contributed by atoms with Crippen molar-refractivity contribution in [1.29, 1.82) is 0 Å². The molecule has 0 unspecified atom stereocenters. The number of halogens is 2. The van der Waals surface area contributed by atoms with Crippen LogP contribution in [0.1, 0.15) is 28.2 Å². The SMILES string of the molecule is O=C1c2cc(-c3nnc(C(F)F)o3)ccc2CN1c1ccccc1-c1cnc2occc2c1. The molecule has 1 aliphatic heterocycles. The number of pyridine rings is 1. The number of hydrogen-bond acceptors (Lipinski definition) is 6. The van der Waals surface area contributed by atoms with Crippen LogP contribution >= 0.6 is 0 Å². The third-order valence-electron chi connectivity index (χ3n) is 5.60. The molecular formula is C24H14F2N4O3. The number of nitrogens with zero attached hydrogens (tertiary/aromatic N) is 4. The highest BCUT2D eigenvalue weighted by atomic mass is 19.3. The lowest BCUT2D eigenvalue weighted by Crippen LogP contribution is -2.23. The summed E-state index contributed by atoms with van der Waals surface area (Å²) in [6.45, 7) is 0.374. The van der Waals surface area contributed by atoms with E-state index in [4.69, 9.17) is 8.83 Å². The molecule has 2 aromatic carbocycles. The van der Waals surface area contributed by atoms with Crippen LogP contribution in [0.15, 0.2) is 75.9 Å². The highest BCUT2D eigenvalue weighted by Crippen LogP contribution is 2.37. The van der Waals surface area contributed by atoms with E-state index in [1.54, 1.807) is 35.6 Å². The van der Waals surface area contributed by atoms with Crippen molar-refractivity contribution in [3.05, 3.63) is 84.1 Å². The number of amides is 1. The fourth-order valence-corrected chi connectivity index (χ4v) is 4.03. The van der Waals surface area contributed by atoms with Gasteiger partial charge in [0.05, 0.1) is 18.5 Å². The molecule has 0 radical (unpaired) electrons. The molecule has 0 saturated carbocycles. The average molecular weight is 444 g/mol. The summed E-state index contributed by atoms with van der Waals surface area (Å²) in [5.74, 6) is -1.01. The minimum absolute atomic E-state index is 0.0563. The number of aromatic nitrogens is 3. The number of rotatable bonds is 4. The molecule has 33 heavy (non-hydrogen) atoms. The number of anilines is 1. The zero-order valence-corrected chi connectivity index (χ0v) is 16.9. The van der Waals surface area contributed by atoms with E-state index in [-0.39, 0.29) is 11.8 Å². The average Bonchev–Trinajstić information content (AvgIpc) is 3.57. The van der Waals surface area contributed by atoms with E-state index in [1.807, 2.05) is 36.4 Å². The number of carbonyl (C=O) groups excluding carboxylic acids is 1. The zero-order valence-electron chi connectivity index (χ0n) is 16.9. The lowest BCUT2D eigenvalue weighted by Gasteiger charge is -2.20. The van der Waals surface area contributed by atoms with Gasteiger partial charge in [-0.15, -0.1) is 10.2 Å². The Morgan fingerprint density at radius 1 is 0.970 bits per heavy atom. The molecule has 3 aromatic heterocycles. The highest BCUT2D eigenvalue weighted by Gasteiger charge is 2.31. The Bertz CT molecular complexity index is 1530. The first-order chi connectivity index (χ1) is 16.1. The number of hydrogen-bond donors (Lipinski definition) is 0. The number of carbonyl (C=O) groups is 1. The second-order valence-electron chi connectivity index (χ2n) is 7.57. The van der Waals surface area contributed by atoms with Crippen LogP contribution in [0, 0.1) is 0 Å². The minimum atomic E-state index is -2.86. The summed E-state index contributed by atoms with van der Waals surface area (Å²) >= 11 is 0. The van der Waals surface area contributed by atoms with Crippen molar-refractivity contribution in [3.8, 4) is 22.6 Å². The maximum atomic E-state index is 13.4. The van der Waals surface area contributed by atoms with E-state index in [2.05, 4.69) is 15.2 Å². The number of fused-ring (bicyclic) bond motifs is 2. The summed E-state index contributed by atoms with van der Waals surface area (Å²) in [6, 6.07) is 16.4. The van der Waals surface area contributed by atoms with Gasteiger partial charge in [0.15, 0.2) is 0 Å². The van der Waals surface area contributed by atoms with E-state index >= 15 is 0 Å². The Balaban J connectivity index is 1.37. The van der Waals surface area contributed by atoms with Crippen molar-refractivity contribution >= 4 is 22.7 Å². The Morgan fingerprint density at radius 2 is 1.85 bits per heavy atom. The van der Waals surface area contributed by atoms with Gasteiger partial charge in [-0.1, -0.05) is 24.3 Å². The standard InChI is InChI=1S/C24H14F2N4O3/c25-20(26)23-29-28-22(33-23)13-5-6-15-12-30(24(31)18(15)10-13)19-4-2-1-3-17(19)16-9-14-7-8-32-21(14)27-11-16/h1-11,20H,12H2. The molecule has 0 bridgehead atoms. The molecule has 4 heterocycles. The number of alkyl halides is 2. The van der Waals surface area contributed by atoms with Gasteiger partial charge < -0.3 is 13.7 Å². The smallest absolute Gasteiger partial charge is 0.314 e. The number of benzene rings is 2. The van der Waals surface area contributed by atoms with Crippen LogP contribution in [0.4, 0.5) is 14.5 Å². The predicted molar refractivity (Wildman–Crippen MR) is 115 cm³/mol. The molecule has 0 N–H and O–H groups in total. The van der Waals surface area contributed by atoms with E-state index < -0.39 is 12.3 Å². The Morgan fingerprint density at radius 3 is 2.70 bits per heavy atom. The first-order valence-electron chi connectivity index (χ1n) is 10.1.